The summed E-state index contributed by atoms with van der Waals surface area (Å²) in [6.45, 7) is 3.13. The van der Waals surface area contributed by atoms with Crippen LogP contribution in [0.5, 0.6) is 0 Å². The number of nitrogens with zero attached hydrogens (tertiary/aromatic N) is 1. The lowest BCUT2D eigenvalue weighted by Gasteiger charge is -2.38. The molecule has 12 heavy (non-hydrogen) atoms. The molecule has 3 nitrogen and oxygen atoms in total. The Morgan fingerprint density at radius 3 is 3.00 bits per heavy atom. The van der Waals surface area contributed by atoms with Crippen LogP contribution in [-0.2, 0) is 9.53 Å². The molecule has 4 unspecified atom stereocenters. The maximum atomic E-state index is 11.4. The Kier molecular flexibility index (Phi) is 1.28. The van der Waals surface area contributed by atoms with E-state index in [-0.39, 0.29) is 18.0 Å². The molecule has 0 saturated carbocycles. The normalized spacial score (nSPS) is 50.5. The molecule has 0 N–H and O–H groups in total. The summed E-state index contributed by atoms with van der Waals surface area (Å²) in [5, 5.41) is 0. The molecule has 3 heteroatoms. The van der Waals surface area contributed by atoms with Crippen molar-refractivity contribution >= 4 is 5.97 Å². The number of esters is 1. The van der Waals surface area contributed by atoms with Crippen molar-refractivity contribution in [1.82, 2.24) is 4.90 Å². The Hall–Kier alpha value is -0.570. The van der Waals surface area contributed by atoms with Crippen molar-refractivity contribution in [1.29, 1.82) is 0 Å². The van der Waals surface area contributed by atoms with Gasteiger partial charge in [-0.2, -0.15) is 0 Å². The average Bonchev–Trinajstić information content (AvgIpc) is 2.16. The highest BCUT2D eigenvalue weighted by atomic mass is 16.5. The predicted molar refractivity (Wildman–Crippen MR) is 42.5 cm³/mol. The van der Waals surface area contributed by atoms with E-state index in [0.717, 1.165) is 31.8 Å². The van der Waals surface area contributed by atoms with Gasteiger partial charge in [-0.05, 0) is 18.8 Å². The molecule has 0 aromatic rings. The Morgan fingerprint density at radius 1 is 1.25 bits per heavy atom. The molecule has 0 aromatic carbocycles. The van der Waals surface area contributed by atoms with Crippen molar-refractivity contribution in [2.24, 2.45) is 11.8 Å². The summed E-state index contributed by atoms with van der Waals surface area (Å²) in [5.41, 5.74) is 0. The summed E-state index contributed by atoms with van der Waals surface area (Å²) in [5.74, 6) is 0.981. The van der Waals surface area contributed by atoms with Gasteiger partial charge < -0.3 is 4.74 Å². The summed E-state index contributed by atoms with van der Waals surface area (Å²) >= 11 is 0. The van der Waals surface area contributed by atoms with Crippen LogP contribution < -0.4 is 0 Å². The van der Waals surface area contributed by atoms with Gasteiger partial charge in [0.1, 0.15) is 6.10 Å². The fourth-order valence-electron chi connectivity index (χ4n) is 2.87. The molecule has 0 spiro atoms. The summed E-state index contributed by atoms with van der Waals surface area (Å²) in [7, 11) is 0. The monoisotopic (exact) mass is 167 g/mol. The van der Waals surface area contributed by atoms with Gasteiger partial charge in [-0.25, -0.2) is 0 Å². The predicted octanol–water partition coefficient (Wildman–Crippen LogP) is 0.254. The Morgan fingerprint density at radius 2 is 2.17 bits per heavy atom. The van der Waals surface area contributed by atoms with Crippen LogP contribution in [0.15, 0.2) is 0 Å². The molecule has 4 bridgehead atoms. The Labute approximate surface area is 71.7 Å². The van der Waals surface area contributed by atoms with E-state index < -0.39 is 0 Å². The number of hydrogen-bond acceptors (Lipinski definition) is 3. The fourth-order valence-corrected chi connectivity index (χ4v) is 2.87. The van der Waals surface area contributed by atoms with E-state index in [4.69, 9.17) is 4.74 Å². The smallest absolute Gasteiger partial charge is 0.310 e. The van der Waals surface area contributed by atoms with Crippen molar-refractivity contribution in [2.45, 2.75) is 18.9 Å². The van der Waals surface area contributed by atoms with Crippen LogP contribution in [-0.4, -0.2) is 36.6 Å². The van der Waals surface area contributed by atoms with Gasteiger partial charge in [0.05, 0.1) is 5.92 Å². The summed E-state index contributed by atoms with van der Waals surface area (Å²) in [4.78, 5) is 13.8. The van der Waals surface area contributed by atoms with Gasteiger partial charge in [0.25, 0.3) is 0 Å². The fraction of sp³-hybridized carbons (Fsp3) is 0.889. The van der Waals surface area contributed by atoms with Crippen molar-refractivity contribution in [3.05, 3.63) is 0 Å². The number of hydrogen-bond donors (Lipinski definition) is 0. The highest BCUT2D eigenvalue weighted by molar-refractivity contribution is 5.73. The van der Waals surface area contributed by atoms with Crippen LogP contribution >= 0.6 is 0 Å². The maximum absolute atomic E-state index is 11.4. The third kappa shape index (κ3) is 0.891. The van der Waals surface area contributed by atoms with E-state index in [1.807, 2.05) is 0 Å². The second kappa shape index (κ2) is 2.22. The molecule has 0 aliphatic carbocycles. The number of ether oxygens (including phenoxy) is 1. The summed E-state index contributed by atoms with van der Waals surface area (Å²) < 4.78 is 5.36. The van der Waals surface area contributed by atoms with Crippen molar-refractivity contribution in [3.8, 4) is 0 Å². The van der Waals surface area contributed by atoms with Crippen LogP contribution in [0.3, 0.4) is 0 Å². The average molecular weight is 167 g/mol. The van der Waals surface area contributed by atoms with Gasteiger partial charge in [0, 0.05) is 19.6 Å². The van der Waals surface area contributed by atoms with Gasteiger partial charge in [0.15, 0.2) is 0 Å². The number of carbonyl (C=O) groups excluding carboxylic acids is 1. The lowest BCUT2D eigenvalue weighted by atomic mass is 9.84. The molecule has 0 amide bonds. The zero-order chi connectivity index (χ0) is 8.13. The second-order valence-electron chi connectivity index (χ2n) is 4.31. The Balaban J connectivity index is 1.95. The first-order chi connectivity index (χ1) is 5.81. The number of piperidine rings is 2. The highest BCUT2D eigenvalue weighted by Gasteiger charge is 2.43. The minimum Gasteiger partial charge on any atom is -0.461 e. The van der Waals surface area contributed by atoms with Crippen molar-refractivity contribution in [3.63, 3.8) is 0 Å². The van der Waals surface area contributed by atoms with E-state index in [0.29, 0.717) is 0 Å². The first kappa shape index (κ1) is 6.89. The number of carbonyl (C=O) groups is 1. The molecule has 4 fully saturated rings. The van der Waals surface area contributed by atoms with Crippen LogP contribution in [0.25, 0.3) is 0 Å². The zero-order valence-corrected chi connectivity index (χ0v) is 7.03. The zero-order valence-electron chi connectivity index (χ0n) is 7.03. The second-order valence-corrected chi connectivity index (χ2v) is 4.31. The van der Waals surface area contributed by atoms with Crippen LogP contribution in [0.1, 0.15) is 12.8 Å². The van der Waals surface area contributed by atoms with Crippen molar-refractivity contribution in [2.75, 3.05) is 19.6 Å². The largest absolute Gasteiger partial charge is 0.461 e. The van der Waals surface area contributed by atoms with Gasteiger partial charge >= 0.3 is 5.97 Å². The molecule has 66 valence electrons. The number of rotatable bonds is 0. The molecular formula is C9H13NO2. The first-order valence-corrected chi connectivity index (χ1v) is 4.74. The van der Waals surface area contributed by atoms with Gasteiger partial charge in [-0.15, -0.1) is 0 Å². The molecule has 4 aliphatic heterocycles. The number of fused-ring (bicyclic) bond motifs is 1. The van der Waals surface area contributed by atoms with E-state index in [9.17, 15) is 4.79 Å². The maximum Gasteiger partial charge on any atom is 0.310 e. The van der Waals surface area contributed by atoms with E-state index in [1.54, 1.807) is 0 Å². The first-order valence-electron chi connectivity index (χ1n) is 4.74. The SMILES string of the molecule is O=C1OC2CC3CC1CN(C3)C2. The molecule has 4 saturated heterocycles. The summed E-state index contributed by atoms with van der Waals surface area (Å²) in [6, 6.07) is 0. The molecule has 4 aliphatic rings. The molecule has 0 radical (unpaired) electrons. The van der Waals surface area contributed by atoms with Crippen LogP contribution in [0.4, 0.5) is 0 Å². The third-order valence-electron chi connectivity index (χ3n) is 3.29. The van der Waals surface area contributed by atoms with E-state index >= 15 is 0 Å². The lowest BCUT2D eigenvalue weighted by Crippen LogP contribution is -2.47. The standard InChI is InChI=1S/C9H13NO2/c11-9-7-1-6-2-8(12-9)5-10(3-6)4-7/h6-8H,1-5H2. The quantitative estimate of drug-likeness (QED) is 0.484. The summed E-state index contributed by atoms with van der Waals surface area (Å²) in [6.07, 6.45) is 2.40. The van der Waals surface area contributed by atoms with Crippen molar-refractivity contribution < 1.29 is 9.53 Å². The van der Waals surface area contributed by atoms with E-state index in [1.165, 1.54) is 6.54 Å². The van der Waals surface area contributed by atoms with Gasteiger partial charge in [0.2, 0.25) is 0 Å². The topological polar surface area (TPSA) is 29.5 Å². The third-order valence-corrected chi connectivity index (χ3v) is 3.29. The Bertz CT molecular complexity index is 215. The van der Waals surface area contributed by atoms with E-state index in [2.05, 4.69) is 4.90 Å². The molecular weight excluding hydrogens is 154 g/mol. The van der Waals surface area contributed by atoms with Crippen LogP contribution in [0.2, 0.25) is 0 Å². The van der Waals surface area contributed by atoms with Gasteiger partial charge in [-0.3, -0.25) is 9.69 Å². The molecule has 4 heterocycles. The highest BCUT2D eigenvalue weighted by Crippen LogP contribution is 2.35. The molecule has 4 atom stereocenters. The molecule has 0 aromatic heterocycles. The minimum atomic E-state index is 0.0599. The van der Waals surface area contributed by atoms with Gasteiger partial charge in [-0.1, -0.05) is 0 Å². The lowest BCUT2D eigenvalue weighted by molar-refractivity contribution is -0.150. The molecule has 4 rings (SSSR count). The van der Waals surface area contributed by atoms with Crippen LogP contribution in [0, 0.1) is 11.8 Å². The minimum absolute atomic E-state index is 0.0599.